The minimum absolute atomic E-state index is 0.0964. The molecule has 0 radical (unpaired) electrons. The Morgan fingerprint density at radius 3 is 2.24 bits per heavy atom. The zero-order chi connectivity index (χ0) is 16.0. The summed E-state index contributed by atoms with van der Waals surface area (Å²) in [5, 5.41) is 8.93. The lowest BCUT2D eigenvalue weighted by Gasteiger charge is -2.37. The van der Waals surface area contributed by atoms with Gasteiger partial charge in [0.2, 0.25) is 5.91 Å². The van der Waals surface area contributed by atoms with E-state index in [1.165, 1.54) is 0 Å². The minimum Gasteiger partial charge on any atom is -0.480 e. The molecule has 1 fully saturated rings. The third-order valence-electron chi connectivity index (χ3n) is 4.17. The van der Waals surface area contributed by atoms with Crippen LogP contribution in [0.4, 0.5) is 0 Å². The molecule has 5 heteroatoms. The van der Waals surface area contributed by atoms with Crippen molar-refractivity contribution >= 4 is 11.9 Å². The molecule has 1 aliphatic rings. The van der Waals surface area contributed by atoms with E-state index in [1.807, 2.05) is 16.7 Å². The number of carboxylic acid groups (broad SMARTS) is 1. The molecular formula is C16H30N2O3. The number of likely N-dealkylation sites (N-methyl/N-ethyl adjacent to an activating group) is 1. The van der Waals surface area contributed by atoms with E-state index in [2.05, 4.69) is 20.8 Å². The van der Waals surface area contributed by atoms with Crippen molar-refractivity contribution in [3.05, 3.63) is 0 Å². The lowest BCUT2D eigenvalue weighted by atomic mass is 9.90. The Morgan fingerprint density at radius 1 is 1.24 bits per heavy atom. The second-order valence-electron chi connectivity index (χ2n) is 7.13. The molecule has 1 N–H and O–H groups in total. The maximum absolute atomic E-state index is 12.2. The van der Waals surface area contributed by atoms with Crippen LogP contribution < -0.4 is 0 Å². The molecule has 0 aromatic carbocycles. The summed E-state index contributed by atoms with van der Waals surface area (Å²) in [4.78, 5) is 27.0. The number of hydrogen-bond acceptors (Lipinski definition) is 3. The summed E-state index contributed by atoms with van der Waals surface area (Å²) >= 11 is 0. The monoisotopic (exact) mass is 298 g/mol. The quantitative estimate of drug-likeness (QED) is 0.816. The first-order valence-electron chi connectivity index (χ1n) is 7.96. The summed E-state index contributed by atoms with van der Waals surface area (Å²) in [6.07, 6.45) is 3.28. The van der Waals surface area contributed by atoms with Crippen LogP contribution in [-0.4, -0.2) is 59.0 Å². The molecule has 0 bridgehead atoms. The highest BCUT2D eigenvalue weighted by Gasteiger charge is 2.27. The van der Waals surface area contributed by atoms with E-state index in [-0.39, 0.29) is 23.9 Å². The van der Waals surface area contributed by atoms with Gasteiger partial charge >= 0.3 is 5.97 Å². The van der Waals surface area contributed by atoms with Crippen LogP contribution in [0.15, 0.2) is 0 Å². The van der Waals surface area contributed by atoms with Gasteiger partial charge in [0, 0.05) is 25.6 Å². The number of rotatable bonds is 6. The van der Waals surface area contributed by atoms with Gasteiger partial charge in [0.05, 0.1) is 6.54 Å². The highest BCUT2D eigenvalue weighted by Crippen LogP contribution is 2.23. The van der Waals surface area contributed by atoms with Gasteiger partial charge in [-0.05, 0) is 31.2 Å². The molecule has 1 amide bonds. The van der Waals surface area contributed by atoms with Gasteiger partial charge in [-0.25, -0.2) is 0 Å². The molecule has 0 aromatic heterocycles. The molecule has 0 spiro atoms. The SMILES string of the molecule is CCN(CC(=O)O)C1CCN(C(=O)CCC(C)(C)C)CC1. The number of nitrogens with zero attached hydrogens (tertiary/aromatic N) is 2. The number of aliphatic carboxylic acids is 1. The van der Waals surface area contributed by atoms with Crippen LogP contribution in [0.3, 0.4) is 0 Å². The van der Waals surface area contributed by atoms with Crippen LogP contribution in [0.5, 0.6) is 0 Å². The average molecular weight is 298 g/mol. The van der Waals surface area contributed by atoms with E-state index < -0.39 is 5.97 Å². The number of carbonyl (C=O) groups excluding carboxylic acids is 1. The summed E-state index contributed by atoms with van der Waals surface area (Å²) < 4.78 is 0. The summed E-state index contributed by atoms with van der Waals surface area (Å²) in [6, 6.07) is 0.290. The Labute approximate surface area is 128 Å². The second kappa shape index (κ2) is 7.78. The smallest absolute Gasteiger partial charge is 0.317 e. The maximum Gasteiger partial charge on any atom is 0.317 e. The van der Waals surface area contributed by atoms with Crippen LogP contribution >= 0.6 is 0 Å². The molecule has 5 nitrogen and oxygen atoms in total. The van der Waals surface area contributed by atoms with Crippen LogP contribution in [0.2, 0.25) is 0 Å². The van der Waals surface area contributed by atoms with Gasteiger partial charge in [-0.3, -0.25) is 14.5 Å². The molecule has 0 atom stereocenters. The van der Waals surface area contributed by atoms with Gasteiger partial charge in [-0.2, -0.15) is 0 Å². The van der Waals surface area contributed by atoms with Crippen molar-refractivity contribution < 1.29 is 14.7 Å². The third kappa shape index (κ3) is 6.46. The summed E-state index contributed by atoms with van der Waals surface area (Å²) in [7, 11) is 0. The average Bonchev–Trinajstić information content (AvgIpc) is 2.41. The zero-order valence-corrected chi connectivity index (χ0v) is 13.9. The maximum atomic E-state index is 12.2. The van der Waals surface area contributed by atoms with E-state index in [1.54, 1.807) is 0 Å². The highest BCUT2D eigenvalue weighted by molar-refractivity contribution is 5.76. The van der Waals surface area contributed by atoms with Crippen molar-refractivity contribution in [2.45, 2.75) is 59.4 Å². The van der Waals surface area contributed by atoms with Crippen LogP contribution in [0, 0.1) is 5.41 Å². The predicted octanol–water partition coefficient (Wildman–Crippen LogP) is 2.21. The van der Waals surface area contributed by atoms with E-state index in [4.69, 9.17) is 5.11 Å². The van der Waals surface area contributed by atoms with Gasteiger partial charge in [0.1, 0.15) is 0 Å². The fourth-order valence-corrected chi connectivity index (χ4v) is 2.79. The Bertz CT molecular complexity index is 355. The van der Waals surface area contributed by atoms with Crippen molar-refractivity contribution in [1.82, 2.24) is 9.80 Å². The Hall–Kier alpha value is -1.10. The van der Waals surface area contributed by atoms with Crippen LogP contribution in [0.1, 0.15) is 53.4 Å². The van der Waals surface area contributed by atoms with Gasteiger partial charge in [-0.1, -0.05) is 27.7 Å². The first kappa shape index (κ1) is 18.0. The summed E-state index contributed by atoms with van der Waals surface area (Å²) in [5.74, 6) is -0.537. The molecule has 0 saturated carbocycles. The van der Waals surface area contributed by atoms with Crippen molar-refractivity contribution in [2.24, 2.45) is 5.41 Å². The molecule has 1 rings (SSSR count). The Kier molecular flexibility index (Phi) is 6.65. The minimum atomic E-state index is -0.777. The lowest BCUT2D eigenvalue weighted by Crippen LogP contribution is -2.48. The molecule has 0 aromatic rings. The van der Waals surface area contributed by atoms with Gasteiger partial charge < -0.3 is 10.0 Å². The van der Waals surface area contributed by atoms with Crippen LogP contribution in [-0.2, 0) is 9.59 Å². The molecule has 0 aliphatic carbocycles. The number of hydrogen-bond donors (Lipinski definition) is 1. The molecule has 0 unspecified atom stereocenters. The first-order valence-corrected chi connectivity index (χ1v) is 7.96. The standard InChI is InChI=1S/C16H30N2O3/c1-5-17(12-15(20)21)13-7-10-18(11-8-13)14(19)6-9-16(2,3)4/h13H,5-12H2,1-4H3,(H,20,21). The summed E-state index contributed by atoms with van der Waals surface area (Å²) in [6.45, 7) is 10.8. The summed E-state index contributed by atoms with van der Waals surface area (Å²) in [5.41, 5.74) is 0.189. The lowest BCUT2D eigenvalue weighted by molar-refractivity contribution is -0.140. The van der Waals surface area contributed by atoms with Crippen molar-refractivity contribution in [3.63, 3.8) is 0 Å². The molecule has 1 heterocycles. The van der Waals surface area contributed by atoms with E-state index in [9.17, 15) is 9.59 Å². The number of carboxylic acids is 1. The van der Waals surface area contributed by atoms with Gasteiger partial charge in [0.15, 0.2) is 0 Å². The van der Waals surface area contributed by atoms with Crippen molar-refractivity contribution in [1.29, 1.82) is 0 Å². The third-order valence-corrected chi connectivity index (χ3v) is 4.17. The zero-order valence-electron chi connectivity index (χ0n) is 13.9. The van der Waals surface area contributed by atoms with Crippen LogP contribution in [0.25, 0.3) is 0 Å². The van der Waals surface area contributed by atoms with E-state index in [0.29, 0.717) is 6.42 Å². The van der Waals surface area contributed by atoms with Gasteiger partial charge in [0.25, 0.3) is 0 Å². The number of likely N-dealkylation sites (tertiary alicyclic amines) is 1. The molecule has 1 saturated heterocycles. The first-order chi connectivity index (χ1) is 9.73. The van der Waals surface area contributed by atoms with Gasteiger partial charge in [-0.15, -0.1) is 0 Å². The number of amides is 1. The van der Waals surface area contributed by atoms with Crippen molar-refractivity contribution in [3.8, 4) is 0 Å². The fourth-order valence-electron chi connectivity index (χ4n) is 2.79. The predicted molar refractivity (Wildman–Crippen MR) is 83.2 cm³/mol. The van der Waals surface area contributed by atoms with E-state index in [0.717, 1.165) is 38.9 Å². The molecule has 122 valence electrons. The Morgan fingerprint density at radius 2 is 1.81 bits per heavy atom. The second-order valence-corrected chi connectivity index (χ2v) is 7.13. The van der Waals surface area contributed by atoms with Crippen molar-refractivity contribution in [2.75, 3.05) is 26.2 Å². The topological polar surface area (TPSA) is 60.9 Å². The fraction of sp³-hybridized carbons (Fsp3) is 0.875. The highest BCUT2D eigenvalue weighted by atomic mass is 16.4. The normalized spacial score (nSPS) is 17.3. The number of piperidine rings is 1. The Balaban J connectivity index is 2.40. The molecule has 21 heavy (non-hydrogen) atoms. The molecule has 1 aliphatic heterocycles. The molecular weight excluding hydrogens is 268 g/mol. The largest absolute Gasteiger partial charge is 0.480 e. The van der Waals surface area contributed by atoms with E-state index >= 15 is 0 Å². The number of carbonyl (C=O) groups is 2.